The molecule has 7 N–H and O–H groups in total. The lowest BCUT2D eigenvalue weighted by Crippen LogP contribution is -2.35. The highest BCUT2D eigenvalue weighted by Gasteiger charge is 2.22. The highest BCUT2D eigenvalue weighted by atomic mass is 79.9. The van der Waals surface area contributed by atoms with E-state index in [9.17, 15) is 35.3 Å². The van der Waals surface area contributed by atoms with Crippen LogP contribution in [0.5, 0.6) is 34.5 Å². The van der Waals surface area contributed by atoms with E-state index in [4.69, 9.17) is 9.47 Å². The number of amides is 2. The third-order valence-electron chi connectivity index (χ3n) is 7.67. The van der Waals surface area contributed by atoms with E-state index < -0.39 is 17.9 Å². The van der Waals surface area contributed by atoms with E-state index in [0.29, 0.717) is 52.3 Å². The van der Waals surface area contributed by atoms with Gasteiger partial charge in [0.05, 0.1) is 28.5 Å². The minimum atomic E-state index is -1.16. The summed E-state index contributed by atoms with van der Waals surface area (Å²) in [5.74, 6) is -1.06. The molecule has 0 saturated carbocycles. The maximum absolute atomic E-state index is 13.0. The molecule has 0 spiro atoms. The van der Waals surface area contributed by atoms with E-state index in [1.807, 2.05) is 0 Å². The average molecular weight is 1040 g/mol. The Balaban J connectivity index is 1.49. The van der Waals surface area contributed by atoms with Crippen LogP contribution in [0, 0.1) is 0 Å². The number of nitrogens with one attached hydrogen (secondary N) is 2. The molecular formula is C34H27Br5N4O9. The standard InChI is InChI=1S/C34H27Br5N4O9/c35-19-13-18-1-2-27(19)51-28-11-15(5-20(36)30(28)45)3-4-40-33(47)24(42-49)9-16-7-22(38)32(23(39)8-16)52-29-12-17(6-21(37)31(29)46)10-25(43-50)34(48)41-14-26(18)44/h1-2,5-8,11-13,26,44-46,49-50H,3-4,9-10,14H2,(H,40,47)(H,41,48)/t26-/m0/s1. The van der Waals surface area contributed by atoms with E-state index >= 15 is 0 Å². The number of aromatic hydroxyl groups is 2. The predicted octanol–water partition coefficient (Wildman–Crippen LogP) is 7.76. The van der Waals surface area contributed by atoms with Crippen LogP contribution >= 0.6 is 79.6 Å². The minimum absolute atomic E-state index is 0.00238. The highest BCUT2D eigenvalue weighted by molar-refractivity contribution is 9.11. The molecule has 4 aromatic rings. The van der Waals surface area contributed by atoms with Gasteiger partial charge in [-0.05, 0) is 157 Å². The van der Waals surface area contributed by atoms with Crippen LogP contribution in [0.25, 0.3) is 0 Å². The van der Waals surface area contributed by atoms with Gasteiger partial charge < -0.3 is 45.8 Å². The van der Waals surface area contributed by atoms with Crippen molar-refractivity contribution in [2.24, 2.45) is 10.3 Å². The third-order valence-corrected chi connectivity index (χ3v) is 10.7. The Labute approximate surface area is 338 Å². The molecule has 272 valence electrons. The summed E-state index contributed by atoms with van der Waals surface area (Å²) in [4.78, 5) is 26.0. The molecular weight excluding hydrogens is 1010 g/mol. The molecule has 8 bridgehead atoms. The summed E-state index contributed by atoms with van der Waals surface area (Å²) in [6.45, 7) is -0.0700. The van der Waals surface area contributed by atoms with Gasteiger partial charge >= 0.3 is 0 Å². The van der Waals surface area contributed by atoms with Crippen molar-refractivity contribution >= 4 is 103 Å². The second-order valence-corrected chi connectivity index (χ2v) is 15.6. The number of phenols is 2. The lowest BCUT2D eigenvalue weighted by Gasteiger charge is -2.17. The van der Waals surface area contributed by atoms with E-state index in [0.717, 1.165) is 0 Å². The molecule has 0 radical (unpaired) electrons. The molecule has 0 fully saturated rings. The van der Waals surface area contributed by atoms with E-state index in [-0.39, 0.29) is 70.6 Å². The maximum atomic E-state index is 13.0. The predicted molar refractivity (Wildman–Crippen MR) is 208 cm³/mol. The van der Waals surface area contributed by atoms with Gasteiger partial charge in [-0.25, -0.2) is 0 Å². The summed E-state index contributed by atoms with van der Waals surface area (Å²) in [7, 11) is 0. The molecule has 4 aliphatic heterocycles. The molecule has 8 rings (SSSR count). The van der Waals surface area contributed by atoms with Gasteiger partial charge in [-0.3, -0.25) is 9.59 Å². The maximum Gasteiger partial charge on any atom is 0.269 e. The van der Waals surface area contributed by atoms with Gasteiger partial charge in [-0.15, -0.1) is 0 Å². The van der Waals surface area contributed by atoms with Crippen molar-refractivity contribution in [1.82, 2.24) is 10.6 Å². The number of hydrogen-bond donors (Lipinski definition) is 7. The third kappa shape index (κ3) is 9.45. The number of carbonyl (C=O) groups excluding carboxylic acids is 2. The first-order valence-corrected chi connectivity index (χ1v) is 19.1. The van der Waals surface area contributed by atoms with Crippen LogP contribution in [-0.4, -0.2) is 62.1 Å². The van der Waals surface area contributed by atoms with Crippen LogP contribution in [0.2, 0.25) is 0 Å². The molecule has 4 aromatic carbocycles. The average Bonchev–Trinajstić information content (AvgIpc) is 3.10. The topological polar surface area (TPSA) is 203 Å². The Morgan fingerprint density at radius 1 is 0.635 bits per heavy atom. The Morgan fingerprint density at radius 2 is 1.15 bits per heavy atom. The van der Waals surface area contributed by atoms with Gasteiger partial charge in [0.1, 0.15) is 17.2 Å². The zero-order chi connectivity index (χ0) is 37.7. The Morgan fingerprint density at radius 3 is 1.75 bits per heavy atom. The number of oxime groups is 2. The molecule has 1 atom stereocenters. The summed E-state index contributed by atoms with van der Waals surface area (Å²) < 4.78 is 13.9. The summed E-state index contributed by atoms with van der Waals surface area (Å²) in [6.07, 6.45) is -1.06. The first kappa shape index (κ1) is 39.5. The lowest BCUT2D eigenvalue weighted by molar-refractivity contribution is -0.116. The molecule has 4 heterocycles. The molecule has 0 aliphatic carbocycles. The van der Waals surface area contributed by atoms with Crippen molar-refractivity contribution in [2.75, 3.05) is 13.1 Å². The SMILES string of the molecule is O=C1NCCc2cc(Br)c(O)c(c2)Oc2ccc(cc2Br)[C@@H](O)CNC(=O)C(=NO)Cc2cc(Br)c(O)c(c2)Oc2c(Br)cc(cc2Br)CC1=NO. The number of phenolic OH excluding ortho intramolecular Hbond substituents is 2. The van der Waals surface area contributed by atoms with Gasteiger partial charge in [0.2, 0.25) is 0 Å². The van der Waals surface area contributed by atoms with Crippen molar-refractivity contribution in [1.29, 1.82) is 0 Å². The summed E-state index contributed by atoms with van der Waals surface area (Å²) in [5, 5.41) is 63.5. The number of aliphatic hydroxyl groups is 1. The van der Waals surface area contributed by atoms with Crippen LogP contribution < -0.4 is 20.1 Å². The minimum Gasteiger partial charge on any atom is -0.503 e. The zero-order valence-electron chi connectivity index (χ0n) is 26.5. The quantitative estimate of drug-likeness (QED) is 0.0679. The van der Waals surface area contributed by atoms with Crippen molar-refractivity contribution in [3.05, 3.63) is 99.2 Å². The largest absolute Gasteiger partial charge is 0.503 e. The number of aliphatic hydroxyl groups excluding tert-OH is 1. The first-order chi connectivity index (χ1) is 24.8. The molecule has 13 nitrogen and oxygen atoms in total. The van der Waals surface area contributed by atoms with Crippen molar-refractivity contribution in [2.45, 2.75) is 25.4 Å². The van der Waals surface area contributed by atoms with Crippen molar-refractivity contribution in [3.63, 3.8) is 0 Å². The molecule has 2 amide bonds. The monoisotopic (exact) mass is 1030 g/mol. The van der Waals surface area contributed by atoms with Gasteiger partial charge in [-0.1, -0.05) is 16.4 Å². The Hall–Kier alpha value is -3.68. The van der Waals surface area contributed by atoms with Crippen LogP contribution in [0.15, 0.2) is 87.3 Å². The van der Waals surface area contributed by atoms with Crippen molar-refractivity contribution < 1.29 is 44.8 Å². The second-order valence-electron chi connectivity index (χ2n) is 11.3. The summed E-state index contributed by atoms with van der Waals surface area (Å²) >= 11 is 17.0. The fraction of sp³-hybridized carbons (Fsp3) is 0.176. The smallest absolute Gasteiger partial charge is 0.269 e. The van der Waals surface area contributed by atoms with Crippen LogP contribution in [-0.2, 0) is 28.9 Å². The van der Waals surface area contributed by atoms with E-state index in [2.05, 4.69) is 101 Å². The van der Waals surface area contributed by atoms with Gasteiger partial charge in [0.25, 0.3) is 11.8 Å². The van der Waals surface area contributed by atoms with E-state index in [1.54, 1.807) is 42.5 Å². The van der Waals surface area contributed by atoms with Gasteiger partial charge in [0.15, 0.2) is 28.7 Å². The van der Waals surface area contributed by atoms with Gasteiger partial charge in [-0.2, -0.15) is 0 Å². The fourth-order valence-corrected chi connectivity index (χ4v) is 7.94. The fourth-order valence-electron chi connectivity index (χ4n) is 5.04. The summed E-state index contributed by atoms with van der Waals surface area (Å²) in [5.41, 5.74) is 1.69. The number of ether oxygens (including phenoxy) is 2. The molecule has 52 heavy (non-hydrogen) atoms. The van der Waals surface area contributed by atoms with Gasteiger partial charge in [0, 0.05) is 25.9 Å². The Bertz CT molecular complexity index is 2090. The number of carbonyl (C=O) groups is 2. The highest BCUT2D eigenvalue weighted by Crippen LogP contribution is 2.44. The first-order valence-electron chi connectivity index (χ1n) is 15.1. The second kappa shape index (κ2) is 17.4. The Kier molecular flexibility index (Phi) is 13.2. The zero-order valence-corrected chi connectivity index (χ0v) is 34.4. The molecule has 0 aromatic heterocycles. The van der Waals surface area contributed by atoms with Crippen LogP contribution in [0.4, 0.5) is 0 Å². The normalized spacial score (nSPS) is 17.5. The van der Waals surface area contributed by atoms with Crippen LogP contribution in [0.1, 0.15) is 28.4 Å². The molecule has 18 heteroatoms. The van der Waals surface area contributed by atoms with E-state index in [1.165, 1.54) is 12.1 Å². The molecule has 0 saturated heterocycles. The lowest BCUT2D eigenvalue weighted by atomic mass is 10.1. The number of halogens is 5. The number of rotatable bonds is 0. The van der Waals surface area contributed by atoms with Crippen molar-refractivity contribution in [3.8, 4) is 34.5 Å². The molecule has 0 unspecified atom stereocenters. The van der Waals surface area contributed by atoms with Crippen LogP contribution in [0.3, 0.4) is 0 Å². The number of hydrogen-bond acceptors (Lipinski definition) is 11. The summed E-state index contributed by atoms with van der Waals surface area (Å²) in [6, 6.07) is 14.3. The number of benzene rings is 4. The molecule has 4 aliphatic rings. The number of nitrogens with zero attached hydrogens (tertiary/aromatic N) is 2.